The number of carboxylic acids is 1. The van der Waals surface area contributed by atoms with E-state index in [0.717, 1.165) is 12.4 Å². The molecule has 1 N–H and O–H groups in total. The van der Waals surface area contributed by atoms with Crippen LogP contribution in [0.1, 0.15) is 23.2 Å². The molecule has 66 valence electrons. The Labute approximate surface area is 71.1 Å². The quantitative estimate of drug-likeness (QED) is 0.649. The topological polar surface area (TPSA) is 46.1 Å². The molecule has 12 heavy (non-hydrogen) atoms. The van der Waals surface area contributed by atoms with Crippen molar-refractivity contribution >= 4 is 5.97 Å². The molecule has 0 amide bonds. The lowest BCUT2D eigenvalue weighted by atomic mass is 10.5. The highest BCUT2D eigenvalue weighted by atomic mass is 16.4. The molecule has 0 unspecified atom stereocenters. The van der Waals surface area contributed by atoms with Gasteiger partial charge >= 0.3 is 5.97 Å². The van der Waals surface area contributed by atoms with E-state index in [4.69, 9.17) is 5.11 Å². The van der Waals surface area contributed by atoms with Gasteiger partial charge in [0.05, 0.1) is 13.6 Å². The molecule has 0 atom stereocenters. The second-order valence-electron chi connectivity index (χ2n) is 2.71. The average Bonchev–Trinajstić information content (AvgIpc) is 2.30. The first kappa shape index (κ1) is 8.77. The molecule has 0 saturated carbocycles. The van der Waals surface area contributed by atoms with E-state index in [0.29, 0.717) is 5.69 Å². The lowest BCUT2D eigenvalue weighted by Crippen LogP contribution is -2.36. The summed E-state index contributed by atoms with van der Waals surface area (Å²) < 4.78 is 3.58. The van der Waals surface area contributed by atoms with Crippen LogP contribution in [0.5, 0.6) is 0 Å². The second-order valence-corrected chi connectivity index (χ2v) is 2.71. The molecule has 0 saturated heterocycles. The Morgan fingerprint density at radius 2 is 2.33 bits per heavy atom. The highest BCUT2D eigenvalue weighted by molar-refractivity contribution is 5.83. The van der Waals surface area contributed by atoms with Crippen molar-refractivity contribution < 1.29 is 14.5 Å². The summed E-state index contributed by atoms with van der Waals surface area (Å²) in [6.07, 6.45) is 1.65. The van der Waals surface area contributed by atoms with Gasteiger partial charge in [0.25, 0.3) is 11.5 Å². The Bertz CT molecular complexity index is 315. The number of hydrogen-bond donors (Lipinski definition) is 1. The summed E-state index contributed by atoms with van der Waals surface area (Å²) in [5, 5.41) is 8.76. The van der Waals surface area contributed by atoms with E-state index >= 15 is 0 Å². The molecular weight excluding hydrogens is 156 g/mol. The van der Waals surface area contributed by atoms with Gasteiger partial charge in [0.2, 0.25) is 0 Å². The summed E-state index contributed by atoms with van der Waals surface area (Å²) in [6.45, 7) is 4.68. The molecule has 0 spiro atoms. The normalized spacial score (nSPS) is 10.2. The summed E-state index contributed by atoms with van der Waals surface area (Å²) in [5.74, 6) is 0.0719. The predicted octanol–water partition coefficient (Wildman–Crippen LogP) is 0.339. The van der Waals surface area contributed by atoms with E-state index in [-0.39, 0.29) is 0 Å². The van der Waals surface area contributed by atoms with Gasteiger partial charge in [-0.1, -0.05) is 0 Å². The maximum absolute atomic E-state index is 10.7. The standard InChI is InChI=1S/C8H12N2O2/c1-4-10-5-7(8(11)12)9(3)6(10)2/h5H,4H2,1-3H3/p+1. The number of aromatic carboxylic acids is 1. The summed E-state index contributed by atoms with van der Waals surface area (Å²) in [7, 11) is 1.75. The fourth-order valence-electron chi connectivity index (χ4n) is 1.21. The molecule has 4 nitrogen and oxygen atoms in total. The third-order valence-electron chi connectivity index (χ3n) is 2.10. The number of carboxylic acid groups (broad SMARTS) is 1. The van der Waals surface area contributed by atoms with E-state index in [1.54, 1.807) is 17.8 Å². The van der Waals surface area contributed by atoms with Crippen LogP contribution in [0.2, 0.25) is 0 Å². The SMILES string of the molecule is CCn1cc(C(=O)O)[n+](C)c1C. The Morgan fingerprint density at radius 3 is 2.58 bits per heavy atom. The zero-order valence-electron chi connectivity index (χ0n) is 7.53. The zero-order chi connectivity index (χ0) is 9.30. The second kappa shape index (κ2) is 2.97. The van der Waals surface area contributed by atoms with Crippen molar-refractivity contribution in [1.82, 2.24) is 4.57 Å². The van der Waals surface area contributed by atoms with Crippen LogP contribution in [0, 0.1) is 6.92 Å². The van der Waals surface area contributed by atoms with Crippen LogP contribution in [0.3, 0.4) is 0 Å². The van der Waals surface area contributed by atoms with Crippen LogP contribution < -0.4 is 4.57 Å². The number of hydrogen-bond acceptors (Lipinski definition) is 1. The number of imidazole rings is 1. The summed E-state index contributed by atoms with van der Waals surface area (Å²) >= 11 is 0. The molecule has 0 aliphatic carbocycles. The summed E-state index contributed by atoms with van der Waals surface area (Å²) in [6, 6.07) is 0. The third-order valence-corrected chi connectivity index (χ3v) is 2.10. The third kappa shape index (κ3) is 1.20. The Kier molecular flexibility index (Phi) is 2.17. The number of aromatic nitrogens is 2. The molecular formula is C8H13N2O2+. The maximum atomic E-state index is 10.7. The molecule has 1 aromatic heterocycles. The summed E-state index contributed by atoms with van der Waals surface area (Å²) in [5.41, 5.74) is 0.328. The maximum Gasteiger partial charge on any atom is 0.379 e. The van der Waals surface area contributed by atoms with Crippen molar-refractivity contribution in [3.8, 4) is 0 Å². The van der Waals surface area contributed by atoms with Gasteiger partial charge in [-0.2, -0.15) is 0 Å². The lowest BCUT2D eigenvalue weighted by Gasteiger charge is -1.91. The predicted molar refractivity (Wildman–Crippen MR) is 43.0 cm³/mol. The van der Waals surface area contributed by atoms with E-state index in [1.165, 1.54) is 0 Å². The molecule has 1 aromatic rings. The van der Waals surface area contributed by atoms with Gasteiger partial charge in [0, 0.05) is 6.92 Å². The van der Waals surface area contributed by atoms with Crippen molar-refractivity contribution in [3.05, 3.63) is 17.7 Å². The lowest BCUT2D eigenvalue weighted by molar-refractivity contribution is -0.679. The number of aryl methyl sites for hydroxylation is 1. The molecule has 4 heteroatoms. The minimum absolute atomic E-state index is 0.328. The molecule has 0 radical (unpaired) electrons. The van der Waals surface area contributed by atoms with Crippen molar-refractivity contribution in [3.63, 3.8) is 0 Å². The van der Waals surface area contributed by atoms with Crippen LogP contribution in [0.4, 0.5) is 0 Å². The first-order chi connectivity index (χ1) is 5.57. The monoisotopic (exact) mass is 169 g/mol. The average molecular weight is 169 g/mol. The Hall–Kier alpha value is -1.32. The van der Waals surface area contributed by atoms with Crippen LogP contribution in [0.15, 0.2) is 6.20 Å². The molecule has 1 rings (SSSR count). The fourth-order valence-corrected chi connectivity index (χ4v) is 1.21. The number of nitrogens with zero attached hydrogens (tertiary/aromatic N) is 2. The zero-order valence-corrected chi connectivity index (χ0v) is 7.53. The molecule has 1 heterocycles. The van der Waals surface area contributed by atoms with Gasteiger partial charge in [-0.3, -0.25) is 0 Å². The van der Waals surface area contributed by atoms with Gasteiger partial charge in [-0.25, -0.2) is 13.9 Å². The molecule has 0 aliphatic rings. The first-order valence-corrected chi connectivity index (χ1v) is 3.87. The van der Waals surface area contributed by atoms with Crippen molar-refractivity contribution in [1.29, 1.82) is 0 Å². The fraction of sp³-hybridized carbons (Fsp3) is 0.500. The molecule has 0 bridgehead atoms. The van der Waals surface area contributed by atoms with Crippen LogP contribution in [-0.2, 0) is 13.6 Å². The molecule has 0 aliphatic heterocycles. The van der Waals surface area contributed by atoms with Gasteiger partial charge in [-0.05, 0) is 6.92 Å². The minimum atomic E-state index is -0.882. The van der Waals surface area contributed by atoms with Crippen molar-refractivity contribution in [2.45, 2.75) is 20.4 Å². The van der Waals surface area contributed by atoms with E-state index in [2.05, 4.69) is 0 Å². The smallest absolute Gasteiger partial charge is 0.379 e. The van der Waals surface area contributed by atoms with Crippen molar-refractivity contribution in [2.75, 3.05) is 0 Å². The van der Waals surface area contributed by atoms with Crippen molar-refractivity contribution in [2.24, 2.45) is 7.05 Å². The van der Waals surface area contributed by atoms with Gasteiger partial charge in [-0.15, -0.1) is 0 Å². The van der Waals surface area contributed by atoms with Crippen LogP contribution in [0.25, 0.3) is 0 Å². The highest BCUT2D eigenvalue weighted by Gasteiger charge is 2.20. The van der Waals surface area contributed by atoms with E-state index in [1.807, 2.05) is 18.4 Å². The highest BCUT2D eigenvalue weighted by Crippen LogP contribution is 1.98. The van der Waals surface area contributed by atoms with Crippen LogP contribution >= 0.6 is 0 Å². The molecule has 0 fully saturated rings. The Morgan fingerprint density at radius 1 is 1.75 bits per heavy atom. The van der Waals surface area contributed by atoms with Gasteiger partial charge in [0.1, 0.15) is 6.20 Å². The minimum Gasteiger partial charge on any atom is -0.475 e. The Balaban J connectivity index is 3.25. The van der Waals surface area contributed by atoms with E-state index < -0.39 is 5.97 Å². The van der Waals surface area contributed by atoms with Gasteiger partial charge < -0.3 is 5.11 Å². The summed E-state index contributed by atoms with van der Waals surface area (Å²) in [4.78, 5) is 10.7. The number of rotatable bonds is 2. The molecule has 0 aromatic carbocycles. The van der Waals surface area contributed by atoms with Crippen LogP contribution in [-0.4, -0.2) is 15.6 Å². The van der Waals surface area contributed by atoms with E-state index in [9.17, 15) is 4.79 Å². The largest absolute Gasteiger partial charge is 0.475 e. The number of carbonyl (C=O) groups is 1. The first-order valence-electron chi connectivity index (χ1n) is 3.87. The van der Waals surface area contributed by atoms with Gasteiger partial charge in [0.15, 0.2) is 0 Å².